The van der Waals surface area contributed by atoms with Crippen LogP contribution in [0.4, 0.5) is 19.0 Å². The Labute approximate surface area is 150 Å². The van der Waals surface area contributed by atoms with Crippen LogP contribution in [0.1, 0.15) is 57.2 Å². The van der Waals surface area contributed by atoms with Crippen molar-refractivity contribution in [1.29, 1.82) is 0 Å². The molecule has 0 radical (unpaired) electrons. The minimum Gasteiger partial charge on any atom is -0.367 e. The van der Waals surface area contributed by atoms with Gasteiger partial charge in [-0.3, -0.25) is 4.79 Å². The Kier molecular flexibility index (Phi) is 4.19. The Morgan fingerprint density at radius 1 is 1.31 bits per heavy atom. The number of anilines is 1. The van der Waals surface area contributed by atoms with Gasteiger partial charge in [-0.25, -0.2) is 4.68 Å². The third-order valence-electron chi connectivity index (χ3n) is 5.89. The number of carbonyl (C=O) groups excluding carboxylic acids is 1. The molecule has 1 amide bonds. The number of fused-ring (bicyclic) bond motifs is 1. The van der Waals surface area contributed by atoms with Gasteiger partial charge in [-0.1, -0.05) is 13.8 Å². The molecule has 1 unspecified atom stereocenters. The molecule has 0 aromatic carbocycles. The molecule has 0 bridgehead atoms. The quantitative estimate of drug-likeness (QED) is 0.885. The smallest absolute Gasteiger partial charge is 0.367 e. The molecular weight excluding hydrogens is 345 g/mol. The maximum atomic E-state index is 13.6. The lowest BCUT2D eigenvalue weighted by Crippen LogP contribution is -2.41. The summed E-state index contributed by atoms with van der Waals surface area (Å²) in [5.41, 5.74) is 0.664. The number of aromatic nitrogens is 2. The van der Waals surface area contributed by atoms with E-state index in [0.717, 1.165) is 23.9 Å². The minimum absolute atomic E-state index is 0.00769. The standard InChI is InChI=1S/C18H25F3N4O/c1-10(2)13-7-15(18(19,20)21)25-16(22-13)8-14(23-25)12-5-6-24(9-12)17(26)11-3-4-11/h8,10-13,15,22H,3-7,9H2,1-2H3/t12?,13-,15+/m0/s1. The maximum absolute atomic E-state index is 13.6. The predicted molar refractivity (Wildman–Crippen MR) is 90.8 cm³/mol. The average molecular weight is 370 g/mol. The molecule has 1 aromatic rings. The molecule has 4 rings (SSSR count). The first-order valence-electron chi connectivity index (χ1n) is 9.45. The molecule has 26 heavy (non-hydrogen) atoms. The maximum Gasteiger partial charge on any atom is 0.410 e. The van der Waals surface area contributed by atoms with Crippen molar-refractivity contribution in [3.63, 3.8) is 0 Å². The fourth-order valence-corrected chi connectivity index (χ4v) is 4.05. The molecular formula is C18H25F3N4O. The number of hydrogen-bond acceptors (Lipinski definition) is 3. The van der Waals surface area contributed by atoms with Crippen molar-refractivity contribution in [2.45, 2.75) is 63.7 Å². The van der Waals surface area contributed by atoms with E-state index in [1.807, 2.05) is 18.7 Å². The third kappa shape index (κ3) is 3.18. The van der Waals surface area contributed by atoms with Gasteiger partial charge in [0, 0.05) is 37.0 Å². The van der Waals surface area contributed by atoms with Gasteiger partial charge in [0.2, 0.25) is 5.91 Å². The largest absolute Gasteiger partial charge is 0.410 e. The third-order valence-corrected chi connectivity index (χ3v) is 5.89. The average Bonchev–Trinajstić information content (AvgIpc) is 3.14. The van der Waals surface area contributed by atoms with E-state index in [9.17, 15) is 18.0 Å². The summed E-state index contributed by atoms with van der Waals surface area (Å²) in [6.45, 7) is 5.09. The zero-order chi connectivity index (χ0) is 18.6. The summed E-state index contributed by atoms with van der Waals surface area (Å²) in [7, 11) is 0. The van der Waals surface area contributed by atoms with Crippen LogP contribution in [0.15, 0.2) is 6.07 Å². The van der Waals surface area contributed by atoms with E-state index in [1.54, 1.807) is 6.07 Å². The van der Waals surface area contributed by atoms with Crippen molar-refractivity contribution in [3.8, 4) is 0 Å². The number of hydrogen-bond donors (Lipinski definition) is 1. The number of halogens is 3. The van der Waals surface area contributed by atoms with Crippen LogP contribution >= 0.6 is 0 Å². The van der Waals surface area contributed by atoms with E-state index in [1.165, 1.54) is 0 Å². The van der Waals surface area contributed by atoms with Crippen molar-refractivity contribution in [3.05, 3.63) is 11.8 Å². The zero-order valence-corrected chi connectivity index (χ0v) is 15.1. The summed E-state index contributed by atoms with van der Waals surface area (Å²) in [6, 6.07) is -0.0658. The molecule has 1 aromatic heterocycles. The normalized spacial score (nSPS) is 29.0. The first-order valence-corrected chi connectivity index (χ1v) is 9.45. The first kappa shape index (κ1) is 17.7. The van der Waals surface area contributed by atoms with E-state index < -0.39 is 12.2 Å². The van der Waals surface area contributed by atoms with Crippen LogP contribution in [-0.2, 0) is 4.79 Å². The van der Waals surface area contributed by atoms with E-state index in [0.29, 0.717) is 24.6 Å². The van der Waals surface area contributed by atoms with Crippen molar-refractivity contribution >= 4 is 11.7 Å². The molecule has 1 saturated heterocycles. The highest BCUT2D eigenvalue weighted by molar-refractivity contribution is 5.81. The molecule has 2 aliphatic heterocycles. The Balaban J connectivity index is 1.56. The summed E-state index contributed by atoms with van der Waals surface area (Å²) < 4.78 is 41.8. The van der Waals surface area contributed by atoms with Crippen LogP contribution in [0.5, 0.6) is 0 Å². The van der Waals surface area contributed by atoms with Gasteiger partial charge >= 0.3 is 6.18 Å². The molecule has 2 fully saturated rings. The lowest BCUT2D eigenvalue weighted by Gasteiger charge is -2.35. The van der Waals surface area contributed by atoms with Crippen LogP contribution in [-0.4, -0.2) is 45.9 Å². The van der Waals surface area contributed by atoms with Crippen LogP contribution in [0, 0.1) is 11.8 Å². The second kappa shape index (κ2) is 6.16. The molecule has 8 heteroatoms. The minimum atomic E-state index is -4.32. The van der Waals surface area contributed by atoms with Gasteiger partial charge in [-0.05, 0) is 31.6 Å². The first-order chi connectivity index (χ1) is 12.2. The molecule has 1 aliphatic carbocycles. The van der Waals surface area contributed by atoms with Gasteiger partial charge in [0.1, 0.15) is 5.82 Å². The van der Waals surface area contributed by atoms with Crippen LogP contribution < -0.4 is 5.32 Å². The van der Waals surface area contributed by atoms with Gasteiger partial charge in [0.05, 0.1) is 5.69 Å². The van der Waals surface area contributed by atoms with Gasteiger partial charge in [0.25, 0.3) is 0 Å². The second-order valence-electron chi connectivity index (χ2n) is 8.23. The summed E-state index contributed by atoms with van der Waals surface area (Å²) >= 11 is 0. The van der Waals surface area contributed by atoms with Gasteiger partial charge in [-0.15, -0.1) is 0 Å². The Bertz CT molecular complexity index is 695. The number of alkyl halides is 3. The van der Waals surface area contributed by atoms with E-state index in [4.69, 9.17) is 0 Å². The van der Waals surface area contributed by atoms with Crippen LogP contribution in [0.3, 0.4) is 0 Å². The summed E-state index contributed by atoms with van der Waals surface area (Å²) in [4.78, 5) is 14.1. The molecule has 3 aliphatic rings. The zero-order valence-electron chi connectivity index (χ0n) is 15.1. The highest BCUT2D eigenvalue weighted by atomic mass is 19.4. The number of nitrogens with one attached hydrogen (secondary N) is 1. The monoisotopic (exact) mass is 370 g/mol. The highest BCUT2D eigenvalue weighted by Gasteiger charge is 2.47. The molecule has 1 N–H and O–H groups in total. The summed E-state index contributed by atoms with van der Waals surface area (Å²) in [5, 5.41) is 7.55. The fourth-order valence-electron chi connectivity index (χ4n) is 4.05. The molecule has 3 heterocycles. The SMILES string of the molecule is CC(C)[C@@H]1C[C@H](C(F)(F)F)n2nc(C3CCN(C(=O)C4CC4)C3)cc2N1. The van der Waals surface area contributed by atoms with Crippen LogP contribution in [0.2, 0.25) is 0 Å². The lowest BCUT2D eigenvalue weighted by atomic mass is 9.94. The Hall–Kier alpha value is -1.73. The highest BCUT2D eigenvalue weighted by Crippen LogP contribution is 2.42. The number of likely N-dealkylation sites (tertiary alicyclic amines) is 1. The number of rotatable bonds is 3. The fraction of sp³-hybridized carbons (Fsp3) is 0.778. The molecule has 5 nitrogen and oxygen atoms in total. The van der Waals surface area contributed by atoms with E-state index in [-0.39, 0.29) is 36.1 Å². The molecule has 1 saturated carbocycles. The van der Waals surface area contributed by atoms with Crippen molar-refractivity contribution < 1.29 is 18.0 Å². The Morgan fingerprint density at radius 3 is 2.65 bits per heavy atom. The van der Waals surface area contributed by atoms with E-state index in [2.05, 4.69) is 10.4 Å². The summed E-state index contributed by atoms with van der Waals surface area (Å²) in [5.74, 6) is 0.933. The van der Waals surface area contributed by atoms with E-state index >= 15 is 0 Å². The van der Waals surface area contributed by atoms with Gasteiger partial charge in [0.15, 0.2) is 6.04 Å². The molecule has 144 valence electrons. The molecule has 3 atom stereocenters. The second-order valence-corrected chi connectivity index (χ2v) is 8.23. The number of amides is 1. The Morgan fingerprint density at radius 2 is 2.04 bits per heavy atom. The van der Waals surface area contributed by atoms with Gasteiger partial charge < -0.3 is 10.2 Å². The van der Waals surface area contributed by atoms with Crippen molar-refractivity contribution in [2.75, 3.05) is 18.4 Å². The molecule has 0 spiro atoms. The van der Waals surface area contributed by atoms with Crippen molar-refractivity contribution in [2.24, 2.45) is 11.8 Å². The van der Waals surface area contributed by atoms with Gasteiger partial charge in [-0.2, -0.15) is 18.3 Å². The number of carbonyl (C=O) groups is 1. The lowest BCUT2D eigenvalue weighted by molar-refractivity contribution is -0.174. The van der Waals surface area contributed by atoms with Crippen LogP contribution in [0.25, 0.3) is 0 Å². The summed E-state index contributed by atoms with van der Waals surface area (Å²) in [6.07, 6.45) is -1.64. The van der Waals surface area contributed by atoms with Crippen molar-refractivity contribution in [1.82, 2.24) is 14.7 Å². The topological polar surface area (TPSA) is 50.2 Å². The number of nitrogens with zero attached hydrogens (tertiary/aromatic N) is 3. The predicted octanol–water partition coefficient (Wildman–Crippen LogP) is 3.55.